The molecule has 0 saturated heterocycles. The van der Waals surface area contributed by atoms with Gasteiger partial charge in [-0.2, -0.15) is 0 Å². The number of rotatable bonds is 4. The van der Waals surface area contributed by atoms with Crippen molar-refractivity contribution < 1.29 is 4.92 Å². The maximum Gasteiger partial charge on any atom is 0.314 e. The number of benzene rings is 1. The van der Waals surface area contributed by atoms with Gasteiger partial charge in [-0.15, -0.1) is 0 Å². The normalized spacial score (nSPS) is 11.2. The van der Waals surface area contributed by atoms with Gasteiger partial charge >= 0.3 is 11.1 Å². The van der Waals surface area contributed by atoms with E-state index in [1.165, 1.54) is 12.1 Å². The van der Waals surface area contributed by atoms with Gasteiger partial charge in [0.15, 0.2) is 0 Å². The smallest absolute Gasteiger partial charge is 0.314 e. The van der Waals surface area contributed by atoms with Gasteiger partial charge in [0, 0.05) is 25.7 Å². The van der Waals surface area contributed by atoms with Crippen LogP contribution in [0, 0.1) is 17.2 Å². The quantitative estimate of drug-likeness (QED) is 0.486. The number of nitrogens with zero attached hydrogens (tertiary/aromatic N) is 2. The fourth-order valence-electron chi connectivity index (χ4n) is 1.86. The summed E-state index contributed by atoms with van der Waals surface area (Å²) in [5, 5.41) is 10.9. The molecule has 1 radical (unpaired) electrons. The van der Waals surface area contributed by atoms with E-state index < -0.39 is 16.0 Å². The van der Waals surface area contributed by atoms with Gasteiger partial charge in [-0.3, -0.25) is 24.6 Å². The third-order valence-corrected chi connectivity index (χ3v) is 2.95. The van der Waals surface area contributed by atoms with E-state index in [4.69, 9.17) is 0 Å². The summed E-state index contributed by atoms with van der Waals surface area (Å²) in [6.45, 7) is 2.84. The Hall–Kier alpha value is -2.48. The predicted octanol–water partition coefficient (Wildman–Crippen LogP) is 0.738. The second-order valence-corrected chi connectivity index (χ2v) is 4.34. The number of hydrogen-bond acceptors (Lipinski definition) is 5. The summed E-state index contributed by atoms with van der Waals surface area (Å²) < 4.78 is 0. The van der Waals surface area contributed by atoms with Gasteiger partial charge in [-0.1, -0.05) is 6.92 Å². The molecular formula is C12H13N4O4. The molecule has 1 aromatic carbocycles. The average Bonchev–Trinajstić information content (AvgIpc) is 2.40. The number of aromatic amines is 2. The third-order valence-electron chi connectivity index (χ3n) is 2.95. The molecule has 0 aliphatic rings. The molecule has 0 aliphatic carbocycles. The first-order valence-corrected chi connectivity index (χ1v) is 5.91. The average molecular weight is 277 g/mol. The molecule has 0 spiro atoms. The van der Waals surface area contributed by atoms with Crippen LogP contribution in [-0.2, 0) is 6.54 Å². The van der Waals surface area contributed by atoms with Crippen LogP contribution >= 0.6 is 0 Å². The van der Waals surface area contributed by atoms with Gasteiger partial charge in [0.25, 0.3) is 5.69 Å². The van der Waals surface area contributed by atoms with Crippen LogP contribution in [0.15, 0.2) is 21.7 Å². The van der Waals surface area contributed by atoms with Gasteiger partial charge in [-0.05, 0) is 12.1 Å². The van der Waals surface area contributed by atoms with E-state index >= 15 is 0 Å². The highest BCUT2D eigenvalue weighted by Gasteiger charge is 2.14. The van der Waals surface area contributed by atoms with Crippen molar-refractivity contribution in [1.82, 2.24) is 14.9 Å². The fourth-order valence-corrected chi connectivity index (χ4v) is 1.86. The molecule has 8 nitrogen and oxygen atoms in total. The van der Waals surface area contributed by atoms with Gasteiger partial charge < -0.3 is 9.97 Å². The van der Waals surface area contributed by atoms with Crippen LogP contribution in [0.25, 0.3) is 11.0 Å². The van der Waals surface area contributed by atoms with Crippen molar-refractivity contribution in [1.29, 1.82) is 0 Å². The van der Waals surface area contributed by atoms with E-state index in [0.717, 1.165) is 0 Å². The van der Waals surface area contributed by atoms with Crippen LogP contribution in [0.4, 0.5) is 5.69 Å². The fraction of sp³-hybridized carbons (Fsp3) is 0.250. The van der Waals surface area contributed by atoms with E-state index in [0.29, 0.717) is 24.2 Å². The van der Waals surface area contributed by atoms with E-state index in [9.17, 15) is 19.7 Å². The minimum Gasteiger partial charge on any atom is -0.316 e. The highest BCUT2D eigenvalue weighted by molar-refractivity contribution is 5.80. The van der Waals surface area contributed by atoms with Crippen molar-refractivity contribution >= 4 is 16.7 Å². The molecule has 0 fully saturated rings. The summed E-state index contributed by atoms with van der Waals surface area (Å²) in [5.74, 6) is 0. The van der Waals surface area contributed by atoms with Crippen molar-refractivity contribution in [3.8, 4) is 0 Å². The Bertz CT molecular complexity index is 777. The standard InChI is InChI=1S/C12H13N4O4/c1-3-15(2)6-7-4-8(16(19)20)5-9-10(7)14-12(18)11(17)13-9/h4-5H,2-3,6H2,1H3,(H,13,17)(H,14,18). The Balaban J connectivity index is 2.74. The minimum absolute atomic E-state index is 0.153. The van der Waals surface area contributed by atoms with E-state index in [1.807, 2.05) is 6.92 Å². The second-order valence-electron chi connectivity index (χ2n) is 4.34. The van der Waals surface area contributed by atoms with Crippen LogP contribution in [0.2, 0.25) is 0 Å². The van der Waals surface area contributed by atoms with Gasteiger partial charge in [0.05, 0.1) is 16.0 Å². The van der Waals surface area contributed by atoms with Crippen molar-refractivity contribution in [3.63, 3.8) is 0 Å². The molecule has 2 rings (SSSR count). The molecule has 2 N–H and O–H groups in total. The molecule has 8 heteroatoms. The molecule has 20 heavy (non-hydrogen) atoms. The number of nitrogens with one attached hydrogen (secondary N) is 2. The first-order valence-electron chi connectivity index (χ1n) is 5.91. The molecule has 0 atom stereocenters. The first-order chi connectivity index (χ1) is 9.42. The summed E-state index contributed by atoms with van der Waals surface area (Å²) >= 11 is 0. The molecule has 0 amide bonds. The van der Waals surface area contributed by atoms with Gasteiger partial charge in [0.1, 0.15) is 0 Å². The van der Waals surface area contributed by atoms with Crippen LogP contribution < -0.4 is 11.1 Å². The number of nitro groups is 1. The lowest BCUT2D eigenvalue weighted by atomic mass is 10.1. The Labute approximate surface area is 113 Å². The summed E-state index contributed by atoms with van der Waals surface area (Å²) in [6, 6.07) is 2.58. The van der Waals surface area contributed by atoms with Crippen LogP contribution in [0.3, 0.4) is 0 Å². The summed E-state index contributed by atoms with van der Waals surface area (Å²) in [5.41, 5.74) is -0.657. The zero-order valence-electron chi connectivity index (χ0n) is 10.8. The second kappa shape index (κ2) is 5.25. The van der Waals surface area contributed by atoms with Crippen LogP contribution in [0.5, 0.6) is 0 Å². The van der Waals surface area contributed by atoms with Crippen LogP contribution in [0.1, 0.15) is 12.5 Å². The number of H-pyrrole nitrogens is 2. The number of hydrogen-bond donors (Lipinski definition) is 2. The SMILES string of the molecule is [CH2]N(CC)Cc1cc([N+](=O)[O-])cc2[nH]c(=O)c(=O)[nH]c12. The molecule has 0 bridgehead atoms. The van der Waals surface area contributed by atoms with E-state index in [1.54, 1.807) is 4.90 Å². The Morgan fingerprint density at radius 1 is 1.30 bits per heavy atom. The lowest BCUT2D eigenvalue weighted by Crippen LogP contribution is -2.29. The molecule has 2 aromatic rings. The van der Waals surface area contributed by atoms with Crippen molar-refractivity contribution in [2.24, 2.45) is 0 Å². The molecule has 0 unspecified atom stereocenters. The lowest BCUT2D eigenvalue weighted by Gasteiger charge is -2.14. The van der Waals surface area contributed by atoms with Gasteiger partial charge in [0.2, 0.25) is 0 Å². The number of non-ortho nitro benzene ring substituents is 1. The van der Waals surface area contributed by atoms with E-state index in [-0.39, 0.29) is 11.2 Å². The molecule has 105 valence electrons. The first kappa shape index (κ1) is 13.9. The molecule has 0 aliphatic heterocycles. The number of aromatic nitrogens is 2. The Morgan fingerprint density at radius 3 is 2.55 bits per heavy atom. The monoisotopic (exact) mass is 277 g/mol. The predicted molar refractivity (Wildman–Crippen MR) is 73.3 cm³/mol. The summed E-state index contributed by atoms with van der Waals surface area (Å²) in [4.78, 5) is 39.5. The van der Waals surface area contributed by atoms with Gasteiger partial charge in [-0.25, -0.2) is 0 Å². The van der Waals surface area contributed by atoms with Crippen molar-refractivity contribution in [2.45, 2.75) is 13.5 Å². The molecular weight excluding hydrogens is 264 g/mol. The number of nitro benzene ring substituents is 1. The maximum atomic E-state index is 11.4. The highest BCUT2D eigenvalue weighted by Crippen LogP contribution is 2.22. The number of fused-ring (bicyclic) bond motifs is 1. The van der Waals surface area contributed by atoms with Crippen molar-refractivity contribution in [3.05, 3.63) is 55.6 Å². The summed E-state index contributed by atoms with van der Waals surface area (Å²) in [7, 11) is 3.77. The molecule has 1 heterocycles. The van der Waals surface area contributed by atoms with Crippen molar-refractivity contribution in [2.75, 3.05) is 6.54 Å². The zero-order valence-corrected chi connectivity index (χ0v) is 10.8. The summed E-state index contributed by atoms with van der Waals surface area (Å²) in [6.07, 6.45) is 0. The maximum absolute atomic E-state index is 11.4. The molecule has 1 aromatic heterocycles. The van der Waals surface area contributed by atoms with Crippen LogP contribution in [-0.4, -0.2) is 26.3 Å². The van der Waals surface area contributed by atoms with E-state index in [2.05, 4.69) is 17.0 Å². The topological polar surface area (TPSA) is 112 Å². The highest BCUT2D eigenvalue weighted by atomic mass is 16.6. The Kier molecular flexibility index (Phi) is 3.66. The Morgan fingerprint density at radius 2 is 1.95 bits per heavy atom. The zero-order chi connectivity index (χ0) is 14.9. The molecule has 0 saturated carbocycles. The lowest BCUT2D eigenvalue weighted by molar-refractivity contribution is -0.384. The third kappa shape index (κ3) is 2.59. The largest absolute Gasteiger partial charge is 0.316 e. The minimum atomic E-state index is -0.842.